The molecule has 1 saturated heterocycles. The summed E-state index contributed by atoms with van der Waals surface area (Å²) in [6, 6.07) is 6.40. The Bertz CT molecular complexity index is 708. The molecule has 0 bridgehead atoms. The summed E-state index contributed by atoms with van der Waals surface area (Å²) in [5.74, 6) is 0.492. The Morgan fingerprint density at radius 1 is 1.33 bits per heavy atom. The maximum Gasteiger partial charge on any atom is 0.274 e. The zero-order chi connectivity index (χ0) is 14.8. The Morgan fingerprint density at radius 3 is 2.81 bits per heavy atom. The Labute approximate surface area is 120 Å². The standard InChI is InChI=1S/C14H14N4O3/c1-17-13(19)5-4-12(16-17)14(20)18-8-11(9-18)21-10-3-2-6-15-7-10/h2-7,11H,8-9H2,1H3. The van der Waals surface area contributed by atoms with E-state index < -0.39 is 0 Å². The van der Waals surface area contributed by atoms with Gasteiger partial charge in [0.2, 0.25) is 0 Å². The number of amides is 1. The number of aryl methyl sites for hydroxylation is 1. The normalized spacial score (nSPS) is 14.6. The van der Waals surface area contributed by atoms with Gasteiger partial charge in [-0.1, -0.05) is 0 Å². The van der Waals surface area contributed by atoms with Crippen LogP contribution in [0.3, 0.4) is 0 Å². The third-order valence-corrected chi connectivity index (χ3v) is 3.25. The molecule has 7 nitrogen and oxygen atoms in total. The fourth-order valence-corrected chi connectivity index (χ4v) is 2.07. The molecule has 0 aliphatic carbocycles. The zero-order valence-electron chi connectivity index (χ0n) is 11.5. The highest BCUT2D eigenvalue weighted by molar-refractivity contribution is 5.92. The van der Waals surface area contributed by atoms with Crippen LogP contribution < -0.4 is 10.3 Å². The topological polar surface area (TPSA) is 77.3 Å². The Morgan fingerprint density at radius 2 is 2.14 bits per heavy atom. The number of carbonyl (C=O) groups excluding carboxylic acids is 1. The molecular formula is C14H14N4O3. The van der Waals surface area contributed by atoms with Crippen LogP contribution in [0.1, 0.15) is 10.5 Å². The molecule has 2 aromatic rings. The van der Waals surface area contributed by atoms with Crippen LogP contribution in [0.2, 0.25) is 0 Å². The number of ether oxygens (including phenoxy) is 1. The number of hydrogen-bond acceptors (Lipinski definition) is 5. The molecule has 1 fully saturated rings. The highest BCUT2D eigenvalue weighted by atomic mass is 16.5. The van der Waals surface area contributed by atoms with E-state index >= 15 is 0 Å². The van der Waals surface area contributed by atoms with Crippen molar-refractivity contribution in [3.63, 3.8) is 0 Å². The van der Waals surface area contributed by atoms with Gasteiger partial charge in [-0.05, 0) is 18.2 Å². The second-order valence-corrected chi connectivity index (χ2v) is 4.82. The first-order chi connectivity index (χ1) is 10.1. The Hall–Kier alpha value is -2.70. The van der Waals surface area contributed by atoms with Gasteiger partial charge in [0.1, 0.15) is 17.5 Å². The molecule has 1 aliphatic heterocycles. The van der Waals surface area contributed by atoms with Crippen molar-refractivity contribution in [1.82, 2.24) is 19.7 Å². The maximum absolute atomic E-state index is 12.2. The molecular weight excluding hydrogens is 272 g/mol. The van der Waals surface area contributed by atoms with Crippen molar-refractivity contribution >= 4 is 5.91 Å². The second kappa shape index (κ2) is 5.35. The first-order valence-electron chi connectivity index (χ1n) is 6.54. The summed E-state index contributed by atoms with van der Waals surface area (Å²) in [4.78, 5) is 29.0. The predicted molar refractivity (Wildman–Crippen MR) is 74.0 cm³/mol. The monoisotopic (exact) mass is 286 g/mol. The van der Waals surface area contributed by atoms with Gasteiger partial charge >= 0.3 is 0 Å². The van der Waals surface area contributed by atoms with Crippen molar-refractivity contribution in [1.29, 1.82) is 0 Å². The lowest BCUT2D eigenvalue weighted by Gasteiger charge is -2.38. The summed E-state index contributed by atoms with van der Waals surface area (Å²) >= 11 is 0. The molecule has 1 aliphatic rings. The maximum atomic E-state index is 12.2. The summed E-state index contributed by atoms with van der Waals surface area (Å²) in [5.41, 5.74) is 0.0184. The number of nitrogens with zero attached hydrogens (tertiary/aromatic N) is 4. The molecule has 2 aromatic heterocycles. The van der Waals surface area contributed by atoms with Crippen LogP contribution in [0.5, 0.6) is 5.75 Å². The average Bonchev–Trinajstić information content (AvgIpc) is 2.46. The van der Waals surface area contributed by atoms with Crippen molar-refractivity contribution in [3.8, 4) is 5.75 Å². The van der Waals surface area contributed by atoms with Gasteiger partial charge in [0.05, 0.1) is 19.3 Å². The van der Waals surface area contributed by atoms with Gasteiger partial charge in [0.15, 0.2) is 0 Å². The second-order valence-electron chi connectivity index (χ2n) is 4.82. The minimum Gasteiger partial charge on any atom is -0.485 e. The average molecular weight is 286 g/mol. The number of likely N-dealkylation sites (tertiary alicyclic amines) is 1. The lowest BCUT2D eigenvalue weighted by atomic mass is 10.1. The van der Waals surface area contributed by atoms with E-state index in [1.54, 1.807) is 23.4 Å². The minimum atomic E-state index is -0.243. The van der Waals surface area contributed by atoms with E-state index in [1.807, 2.05) is 6.07 Å². The van der Waals surface area contributed by atoms with E-state index in [1.165, 1.54) is 19.2 Å². The molecule has 3 rings (SSSR count). The molecule has 0 aromatic carbocycles. The van der Waals surface area contributed by atoms with Crippen LogP contribution in [0.15, 0.2) is 41.5 Å². The molecule has 0 unspecified atom stereocenters. The molecule has 0 N–H and O–H groups in total. The number of pyridine rings is 1. The van der Waals surface area contributed by atoms with E-state index in [2.05, 4.69) is 10.1 Å². The van der Waals surface area contributed by atoms with Crippen LogP contribution in [-0.2, 0) is 7.05 Å². The number of aromatic nitrogens is 3. The van der Waals surface area contributed by atoms with Gasteiger partial charge in [0, 0.05) is 19.3 Å². The van der Waals surface area contributed by atoms with Crippen molar-refractivity contribution in [2.45, 2.75) is 6.10 Å². The number of carbonyl (C=O) groups is 1. The van der Waals surface area contributed by atoms with E-state index in [-0.39, 0.29) is 23.3 Å². The molecule has 7 heteroatoms. The fraction of sp³-hybridized carbons (Fsp3) is 0.286. The molecule has 0 spiro atoms. The molecule has 21 heavy (non-hydrogen) atoms. The minimum absolute atomic E-state index is 0.0364. The van der Waals surface area contributed by atoms with Crippen LogP contribution >= 0.6 is 0 Å². The zero-order valence-corrected chi connectivity index (χ0v) is 11.5. The van der Waals surface area contributed by atoms with E-state index in [9.17, 15) is 9.59 Å². The third kappa shape index (κ3) is 2.76. The SMILES string of the molecule is Cn1nc(C(=O)N2CC(Oc3cccnc3)C2)ccc1=O. The fourth-order valence-electron chi connectivity index (χ4n) is 2.07. The smallest absolute Gasteiger partial charge is 0.274 e. The molecule has 0 saturated carbocycles. The van der Waals surface area contributed by atoms with Crippen molar-refractivity contribution in [2.24, 2.45) is 7.05 Å². The van der Waals surface area contributed by atoms with Crippen LogP contribution in [-0.4, -0.2) is 44.8 Å². The molecule has 0 atom stereocenters. The predicted octanol–water partition coefficient (Wildman–Crippen LogP) is 0.0787. The molecule has 0 radical (unpaired) electrons. The summed E-state index contributed by atoms with van der Waals surface area (Å²) < 4.78 is 6.83. The largest absolute Gasteiger partial charge is 0.485 e. The van der Waals surface area contributed by atoms with Crippen molar-refractivity contribution < 1.29 is 9.53 Å². The van der Waals surface area contributed by atoms with Crippen molar-refractivity contribution in [3.05, 3.63) is 52.7 Å². The number of hydrogen-bond donors (Lipinski definition) is 0. The van der Waals surface area contributed by atoms with Crippen LogP contribution in [0.4, 0.5) is 0 Å². The Balaban J connectivity index is 1.59. The summed E-state index contributed by atoms with van der Waals surface area (Å²) in [6.45, 7) is 0.997. The first-order valence-corrected chi connectivity index (χ1v) is 6.54. The highest BCUT2D eigenvalue weighted by Crippen LogP contribution is 2.18. The first kappa shape index (κ1) is 13.3. The summed E-state index contributed by atoms with van der Waals surface area (Å²) in [5, 5.41) is 3.95. The van der Waals surface area contributed by atoms with Crippen molar-refractivity contribution in [2.75, 3.05) is 13.1 Å². The Kier molecular flexibility index (Phi) is 3.39. The molecule has 108 valence electrons. The van der Waals surface area contributed by atoms with Gasteiger partial charge in [-0.25, -0.2) is 4.68 Å². The summed E-state index contributed by atoms with van der Waals surface area (Å²) in [7, 11) is 1.52. The van der Waals surface area contributed by atoms with Crippen LogP contribution in [0, 0.1) is 0 Å². The van der Waals surface area contributed by atoms with Gasteiger partial charge in [0.25, 0.3) is 11.5 Å². The quantitative estimate of drug-likeness (QED) is 0.798. The molecule has 3 heterocycles. The molecule has 1 amide bonds. The highest BCUT2D eigenvalue weighted by Gasteiger charge is 2.33. The van der Waals surface area contributed by atoms with Gasteiger partial charge in [-0.3, -0.25) is 14.6 Å². The van der Waals surface area contributed by atoms with Crippen LogP contribution in [0.25, 0.3) is 0 Å². The van der Waals surface area contributed by atoms with E-state index in [0.29, 0.717) is 18.8 Å². The van der Waals surface area contributed by atoms with E-state index in [4.69, 9.17) is 4.74 Å². The van der Waals surface area contributed by atoms with Gasteiger partial charge in [-0.2, -0.15) is 5.10 Å². The lowest BCUT2D eigenvalue weighted by Crippen LogP contribution is -2.56. The van der Waals surface area contributed by atoms with E-state index in [0.717, 1.165) is 4.68 Å². The third-order valence-electron chi connectivity index (χ3n) is 3.25. The van der Waals surface area contributed by atoms with Gasteiger partial charge < -0.3 is 9.64 Å². The summed E-state index contributed by atoms with van der Waals surface area (Å²) in [6.07, 6.45) is 3.28. The lowest BCUT2D eigenvalue weighted by molar-refractivity contribution is 0.0170. The van der Waals surface area contributed by atoms with Gasteiger partial charge in [-0.15, -0.1) is 0 Å². The number of rotatable bonds is 3.